The summed E-state index contributed by atoms with van der Waals surface area (Å²) < 4.78 is 7.24. The lowest BCUT2D eigenvalue weighted by Crippen LogP contribution is -1.91. The van der Waals surface area contributed by atoms with Gasteiger partial charge in [-0.3, -0.25) is 0 Å². The van der Waals surface area contributed by atoms with Crippen LogP contribution in [0.4, 0.5) is 0 Å². The van der Waals surface area contributed by atoms with Crippen LogP contribution in [0.3, 0.4) is 0 Å². The summed E-state index contributed by atoms with van der Waals surface area (Å²) in [6.45, 7) is 0. The molecule has 0 saturated carbocycles. The second kappa shape index (κ2) is 4.67. The molecule has 1 rings (SSSR count). The van der Waals surface area contributed by atoms with Crippen LogP contribution in [0.15, 0.2) is 16.6 Å². The number of hydrogen-bond donors (Lipinski definition) is 0. The van der Waals surface area contributed by atoms with Crippen LogP contribution in [0, 0.1) is 3.57 Å². The van der Waals surface area contributed by atoms with Gasteiger partial charge in [0.05, 0.1) is 15.2 Å². The van der Waals surface area contributed by atoms with E-state index in [0.717, 1.165) is 19.4 Å². The van der Waals surface area contributed by atoms with Crippen molar-refractivity contribution in [3.63, 3.8) is 0 Å². The molecule has 0 fully saturated rings. The molecule has 4 heteroatoms. The average Bonchev–Trinajstić information content (AvgIpc) is 2.06. The summed E-state index contributed by atoms with van der Waals surface area (Å²) in [5.74, 6) is 1.35. The van der Waals surface area contributed by atoms with Gasteiger partial charge in [0.25, 0.3) is 0 Å². The Kier molecular flexibility index (Phi) is 4.13. The molecule has 0 aliphatic carbocycles. The van der Waals surface area contributed by atoms with E-state index in [1.54, 1.807) is 7.11 Å². The Morgan fingerprint density at radius 2 is 2.25 bits per heavy atom. The molecule has 0 bridgehead atoms. The summed E-state index contributed by atoms with van der Waals surface area (Å²) in [6, 6.07) is 3.98. The molecule has 66 valence electrons. The lowest BCUT2D eigenvalue weighted by molar-refractivity contribution is 0.408. The predicted molar refractivity (Wildman–Crippen MR) is 63.0 cm³/mol. The standard InChI is InChI=1S/C8H7BrClIO/c1-12-8-6(11)3-2-5(4-10)7(8)9/h2-3H,4H2,1H3. The van der Waals surface area contributed by atoms with Gasteiger partial charge in [0.1, 0.15) is 5.75 Å². The van der Waals surface area contributed by atoms with E-state index in [1.807, 2.05) is 12.1 Å². The first-order valence-corrected chi connectivity index (χ1v) is 5.68. The Morgan fingerprint density at radius 1 is 1.58 bits per heavy atom. The van der Waals surface area contributed by atoms with Crippen molar-refractivity contribution in [2.24, 2.45) is 0 Å². The van der Waals surface area contributed by atoms with Crippen LogP contribution in [0.2, 0.25) is 0 Å². The lowest BCUT2D eigenvalue weighted by Gasteiger charge is -2.08. The molecule has 1 aromatic rings. The van der Waals surface area contributed by atoms with E-state index in [2.05, 4.69) is 38.5 Å². The number of halogens is 3. The molecule has 0 saturated heterocycles. The third-order valence-corrected chi connectivity index (χ3v) is 3.48. The maximum absolute atomic E-state index is 5.73. The topological polar surface area (TPSA) is 9.23 Å². The molecule has 0 spiro atoms. The molecule has 0 aromatic heterocycles. The van der Waals surface area contributed by atoms with E-state index in [0.29, 0.717) is 5.88 Å². The van der Waals surface area contributed by atoms with E-state index in [-0.39, 0.29) is 0 Å². The Morgan fingerprint density at radius 3 is 2.75 bits per heavy atom. The molecule has 0 aliphatic heterocycles. The zero-order chi connectivity index (χ0) is 9.14. The summed E-state index contributed by atoms with van der Waals surface area (Å²) in [4.78, 5) is 0. The first-order chi connectivity index (χ1) is 5.70. The van der Waals surface area contributed by atoms with Crippen molar-refractivity contribution >= 4 is 50.1 Å². The fourth-order valence-electron chi connectivity index (χ4n) is 0.864. The summed E-state index contributed by atoms with van der Waals surface area (Å²) >= 11 is 11.4. The molecule has 0 radical (unpaired) electrons. The quantitative estimate of drug-likeness (QED) is 0.575. The second-order valence-electron chi connectivity index (χ2n) is 2.19. The van der Waals surface area contributed by atoms with Crippen LogP contribution >= 0.6 is 50.1 Å². The maximum atomic E-state index is 5.73. The van der Waals surface area contributed by atoms with Gasteiger partial charge in [-0.15, -0.1) is 11.6 Å². The van der Waals surface area contributed by atoms with Crippen molar-refractivity contribution in [1.82, 2.24) is 0 Å². The molecule has 1 aromatic carbocycles. The van der Waals surface area contributed by atoms with Crippen LogP contribution < -0.4 is 4.74 Å². The number of hydrogen-bond acceptors (Lipinski definition) is 1. The first-order valence-electron chi connectivity index (χ1n) is 3.27. The molecule has 12 heavy (non-hydrogen) atoms. The van der Waals surface area contributed by atoms with E-state index in [9.17, 15) is 0 Å². The molecular formula is C8H7BrClIO. The van der Waals surface area contributed by atoms with Crippen molar-refractivity contribution in [2.75, 3.05) is 7.11 Å². The minimum atomic E-state index is 0.494. The van der Waals surface area contributed by atoms with Crippen LogP contribution in [0.5, 0.6) is 5.75 Å². The average molecular weight is 361 g/mol. The third kappa shape index (κ3) is 2.06. The highest BCUT2D eigenvalue weighted by Crippen LogP contribution is 2.33. The molecule has 0 aliphatic rings. The zero-order valence-corrected chi connectivity index (χ0v) is 10.9. The van der Waals surface area contributed by atoms with E-state index in [1.165, 1.54) is 0 Å². The molecule has 0 amide bonds. The molecule has 0 heterocycles. The molecule has 0 atom stereocenters. The van der Waals surface area contributed by atoms with Crippen LogP contribution in [0.1, 0.15) is 5.56 Å². The van der Waals surface area contributed by atoms with Crippen molar-refractivity contribution in [1.29, 1.82) is 0 Å². The highest BCUT2D eigenvalue weighted by molar-refractivity contribution is 14.1. The minimum Gasteiger partial charge on any atom is -0.494 e. The summed E-state index contributed by atoms with van der Waals surface area (Å²) in [5, 5.41) is 0. The smallest absolute Gasteiger partial charge is 0.146 e. The van der Waals surface area contributed by atoms with Crippen molar-refractivity contribution in [2.45, 2.75) is 5.88 Å². The fraction of sp³-hybridized carbons (Fsp3) is 0.250. The molecule has 0 N–H and O–H groups in total. The SMILES string of the molecule is COc1c(I)ccc(CCl)c1Br. The van der Waals surface area contributed by atoms with Crippen LogP contribution in [-0.4, -0.2) is 7.11 Å². The Bertz CT molecular complexity index is 291. The van der Waals surface area contributed by atoms with Gasteiger partial charge in [0.2, 0.25) is 0 Å². The predicted octanol–water partition coefficient (Wildman–Crippen LogP) is 3.80. The Hall–Kier alpha value is 0.520. The van der Waals surface area contributed by atoms with E-state index in [4.69, 9.17) is 16.3 Å². The summed E-state index contributed by atoms with van der Waals surface area (Å²) in [5.41, 5.74) is 1.05. The number of benzene rings is 1. The van der Waals surface area contributed by atoms with Crippen molar-refractivity contribution < 1.29 is 4.74 Å². The monoisotopic (exact) mass is 360 g/mol. The second-order valence-corrected chi connectivity index (χ2v) is 4.41. The van der Waals surface area contributed by atoms with Gasteiger partial charge < -0.3 is 4.74 Å². The number of ether oxygens (including phenoxy) is 1. The van der Waals surface area contributed by atoms with Crippen molar-refractivity contribution in [3.05, 3.63) is 25.7 Å². The maximum Gasteiger partial charge on any atom is 0.146 e. The van der Waals surface area contributed by atoms with Gasteiger partial charge in [-0.05, 0) is 50.2 Å². The summed E-state index contributed by atoms with van der Waals surface area (Å²) in [6.07, 6.45) is 0. The van der Waals surface area contributed by atoms with Gasteiger partial charge >= 0.3 is 0 Å². The Balaban J connectivity index is 3.24. The molecular weight excluding hydrogens is 354 g/mol. The van der Waals surface area contributed by atoms with E-state index < -0.39 is 0 Å². The van der Waals surface area contributed by atoms with Gasteiger partial charge in [-0.1, -0.05) is 6.07 Å². The first kappa shape index (κ1) is 10.6. The highest BCUT2D eigenvalue weighted by atomic mass is 127. The van der Waals surface area contributed by atoms with E-state index >= 15 is 0 Å². The van der Waals surface area contributed by atoms with Crippen LogP contribution in [-0.2, 0) is 5.88 Å². The van der Waals surface area contributed by atoms with Crippen LogP contribution in [0.25, 0.3) is 0 Å². The zero-order valence-electron chi connectivity index (χ0n) is 6.40. The number of rotatable bonds is 2. The largest absolute Gasteiger partial charge is 0.494 e. The summed E-state index contributed by atoms with van der Waals surface area (Å²) in [7, 11) is 1.65. The normalized spacial score (nSPS) is 10.0. The van der Waals surface area contributed by atoms with Gasteiger partial charge in [-0.2, -0.15) is 0 Å². The molecule has 1 nitrogen and oxygen atoms in total. The number of alkyl halides is 1. The third-order valence-electron chi connectivity index (χ3n) is 1.48. The minimum absolute atomic E-state index is 0.494. The van der Waals surface area contributed by atoms with Crippen molar-refractivity contribution in [3.8, 4) is 5.75 Å². The van der Waals surface area contributed by atoms with Gasteiger partial charge in [-0.25, -0.2) is 0 Å². The lowest BCUT2D eigenvalue weighted by atomic mass is 10.2. The van der Waals surface area contributed by atoms with Gasteiger partial charge in [0.15, 0.2) is 0 Å². The number of methoxy groups -OCH3 is 1. The fourth-order valence-corrected chi connectivity index (χ4v) is 2.94. The highest BCUT2D eigenvalue weighted by Gasteiger charge is 2.08. The molecule has 0 unspecified atom stereocenters. The van der Waals surface area contributed by atoms with Gasteiger partial charge in [0, 0.05) is 5.88 Å². The Labute approximate surface area is 98.7 Å².